The molecule has 0 aliphatic carbocycles. The minimum atomic E-state index is -0.570. The summed E-state index contributed by atoms with van der Waals surface area (Å²) >= 11 is 6.24. The molecule has 0 heterocycles. The van der Waals surface area contributed by atoms with Crippen LogP contribution in [0.15, 0.2) is 36.4 Å². The SMILES string of the molecule is CC[C@@H](C(=O)NCC(C)C)N(Cc1ccc(C)cc1)C(=O)COc1cc(C)c(Cl)c(C)c1. The topological polar surface area (TPSA) is 58.6 Å². The van der Waals surface area contributed by atoms with Crippen molar-refractivity contribution in [3.8, 4) is 5.75 Å². The van der Waals surface area contributed by atoms with E-state index >= 15 is 0 Å². The van der Waals surface area contributed by atoms with Crippen LogP contribution in [0, 0.1) is 26.7 Å². The molecule has 0 spiro atoms. The first-order valence-electron chi connectivity index (χ1n) is 11.1. The maximum atomic E-state index is 13.3. The molecular weight excluding hydrogens is 424 g/mol. The van der Waals surface area contributed by atoms with Gasteiger partial charge >= 0.3 is 0 Å². The van der Waals surface area contributed by atoms with Crippen LogP contribution in [-0.4, -0.2) is 35.9 Å². The Labute approximate surface area is 197 Å². The second-order valence-corrected chi connectivity index (χ2v) is 9.11. The second-order valence-electron chi connectivity index (χ2n) is 8.73. The molecule has 2 amide bonds. The van der Waals surface area contributed by atoms with Crippen LogP contribution >= 0.6 is 11.6 Å². The highest BCUT2D eigenvalue weighted by Crippen LogP contribution is 2.26. The summed E-state index contributed by atoms with van der Waals surface area (Å²) in [6.07, 6.45) is 0.515. The van der Waals surface area contributed by atoms with Gasteiger partial charge in [-0.15, -0.1) is 0 Å². The van der Waals surface area contributed by atoms with Crippen molar-refractivity contribution < 1.29 is 14.3 Å². The summed E-state index contributed by atoms with van der Waals surface area (Å²) < 4.78 is 5.81. The average Bonchev–Trinajstić information content (AvgIpc) is 2.75. The minimum absolute atomic E-state index is 0.139. The Balaban J connectivity index is 2.22. The van der Waals surface area contributed by atoms with Gasteiger partial charge in [0.1, 0.15) is 11.8 Å². The van der Waals surface area contributed by atoms with Crippen LogP contribution in [0.25, 0.3) is 0 Å². The van der Waals surface area contributed by atoms with E-state index in [2.05, 4.69) is 5.32 Å². The summed E-state index contributed by atoms with van der Waals surface area (Å²) in [6, 6.07) is 11.1. The fourth-order valence-electron chi connectivity index (χ4n) is 3.45. The first-order chi connectivity index (χ1) is 15.1. The molecule has 0 saturated carbocycles. The van der Waals surface area contributed by atoms with Crippen molar-refractivity contribution in [3.05, 3.63) is 63.7 Å². The van der Waals surface area contributed by atoms with E-state index < -0.39 is 6.04 Å². The smallest absolute Gasteiger partial charge is 0.261 e. The molecule has 5 nitrogen and oxygen atoms in total. The van der Waals surface area contributed by atoms with E-state index in [1.54, 1.807) is 4.90 Å². The van der Waals surface area contributed by atoms with Crippen LogP contribution in [0.5, 0.6) is 5.75 Å². The minimum Gasteiger partial charge on any atom is -0.484 e. The van der Waals surface area contributed by atoms with E-state index in [-0.39, 0.29) is 18.4 Å². The summed E-state index contributed by atoms with van der Waals surface area (Å²) in [7, 11) is 0. The zero-order valence-corrected chi connectivity index (χ0v) is 20.8. The van der Waals surface area contributed by atoms with Crippen LogP contribution in [0.2, 0.25) is 5.02 Å². The molecule has 2 aromatic rings. The average molecular weight is 459 g/mol. The Morgan fingerprint density at radius 3 is 2.19 bits per heavy atom. The quantitative estimate of drug-likeness (QED) is 0.530. The molecule has 1 atom stereocenters. The van der Waals surface area contributed by atoms with Crippen molar-refractivity contribution in [2.24, 2.45) is 5.92 Å². The number of nitrogens with zero attached hydrogens (tertiary/aromatic N) is 1. The molecule has 0 radical (unpaired) electrons. The lowest BCUT2D eigenvalue weighted by molar-refractivity contribution is -0.143. The second kappa shape index (κ2) is 11.9. The Bertz CT molecular complexity index is 902. The van der Waals surface area contributed by atoms with E-state index in [0.717, 1.165) is 22.3 Å². The molecule has 0 fully saturated rings. The lowest BCUT2D eigenvalue weighted by Gasteiger charge is -2.31. The molecule has 2 rings (SSSR count). The first-order valence-corrected chi connectivity index (χ1v) is 11.5. The van der Waals surface area contributed by atoms with Gasteiger partial charge in [-0.05, 0) is 61.9 Å². The molecule has 174 valence electrons. The number of carbonyl (C=O) groups excluding carboxylic acids is 2. The number of hydrogen-bond acceptors (Lipinski definition) is 3. The zero-order chi connectivity index (χ0) is 23.8. The summed E-state index contributed by atoms with van der Waals surface area (Å²) in [5, 5.41) is 3.66. The Kier molecular flexibility index (Phi) is 9.58. The molecule has 1 N–H and O–H groups in total. The number of hydrogen-bond donors (Lipinski definition) is 1. The normalized spacial score (nSPS) is 11.9. The Hall–Kier alpha value is -2.53. The van der Waals surface area contributed by atoms with Gasteiger partial charge in [0.2, 0.25) is 5.91 Å². The van der Waals surface area contributed by atoms with Gasteiger partial charge < -0.3 is 15.0 Å². The summed E-state index contributed by atoms with van der Waals surface area (Å²) in [5.41, 5.74) is 3.90. The van der Waals surface area contributed by atoms with Gasteiger partial charge in [0.25, 0.3) is 5.91 Å². The maximum absolute atomic E-state index is 13.3. The van der Waals surface area contributed by atoms with E-state index in [9.17, 15) is 9.59 Å². The molecule has 0 bridgehead atoms. The van der Waals surface area contributed by atoms with Gasteiger partial charge in [0, 0.05) is 18.1 Å². The van der Waals surface area contributed by atoms with Crippen LogP contribution in [0.3, 0.4) is 0 Å². The Morgan fingerprint density at radius 2 is 1.66 bits per heavy atom. The molecule has 0 saturated heterocycles. The number of amides is 2. The largest absolute Gasteiger partial charge is 0.484 e. The molecule has 6 heteroatoms. The number of benzene rings is 2. The highest BCUT2D eigenvalue weighted by Gasteiger charge is 2.29. The number of ether oxygens (including phenoxy) is 1. The van der Waals surface area contributed by atoms with Crippen LogP contribution in [0.4, 0.5) is 0 Å². The molecule has 0 aliphatic heterocycles. The van der Waals surface area contributed by atoms with Gasteiger partial charge in [-0.25, -0.2) is 0 Å². The monoisotopic (exact) mass is 458 g/mol. The number of rotatable bonds is 10. The number of nitrogens with one attached hydrogen (secondary N) is 1. The third kappa shape index (κ3) is 7.27. The van der Waals surface area contributed by atoms with Crippen molar-refractivity contribution in [3.63, 3.8) is 0 Å². The molecule has 2 aromatic carbocycles. The van der Waals surface area contributed by atoms with Crippen LogP contribution in [0.1, 0.15) is 49.4 Å². The van der Waals surface area contributed by atoms with Gasteiger partial charge in [-0.1, -0.05) is 62.2 Å². The summed E-state index contributed by atoms with van der Waals surface area (Å²) in [4.78, 5) is 27.8. The summed E-state index contributed by atoms with van der Waals surface area (Å²) in [6.45, 7) is 12.6. The molecule has 0 unspecified atom stereocenters. The Morgan fingerprint density at radius 1 is 1.06 bits per heavy atom. The van der Waals surface area contributed by atoms with Gasteiger partial charge in [-0.2, -0.15) is 0 Å². The highest BCUT2D eigenvalue weighted by atomic mass is 35.5. The zero-order valence-electron chi connectivity index (χ0n) is 20.0. The van der Waals surface area contributed by atoms with Crippen LogP contribution in [-0.2, 0) is 16.1 Å². The fraction of sp³-hybridized carbons (Fsp3) is 0.462. The lowest BCUT2D eigenvalue weighted by atomic mass is 10.1. The van der Waals surface area contributed by atoms with Crippen molar-refractivity contribution in [2.45, 2.75) is 60.5 Å². The van der Waals surface area contributed by atoms with Crippen molar-refractivity contribution in [1.29, 1.82) is 0 Å². The number of halogens is 1. The third-order valence-electron chi connectivity index (χ3n) is 5.32. The van der Waals surface area contributed by atoms with Crippen molar-refractivity contribution >= 4 is 23.4 Å². The van der Waals surface area contributed by atoms with Crippen molar-refractivity contribution in [2.75, 3.05) is 13.2 Å². The fourth-order valence-corrected chi connectivity index (χ4v) is 3.56. The molecule has 0 aliphatic rings. The van der Waals surface area contributed by atoms with Crippen LogP contribution < -0.4 is 10.1 Å². The summed E-state index contributed by atoms with van der Waals surface area (Å²) in [5.74, 6) is 0.546. The highest BCUT2D eigenvalue weighted by molar-refractivity contribution is 6.32. The van der Waals surface area contributed by atoms with E-state index in [4.69, 9.17) is 16.3 Å². The lowest BCUT2D eigenvalue weighted by Crippen LogP contribution is -2.50. The predicted molar refractivity (Wildman–Crippen MR) is 130 cm³/mol. The maximum Gasteiger partial charge on any atom is 0.261 e. The van der Waals surface area contributed by atoms with Gasteiger partial charge in [0.05, 0.1) is 0 Å². The van der Waals surface area contributed by atoms with Gasteiger partial charge in [0.15, 0.2) is 6.61 Å². The van der Waals surface area contributed by atoms with Gasteiger partial charge in [-0.3, -0.25) is 9.59 Å². The molecule has 0 aromatic heterocycles. The van der Waals surface area contributed by atoms with E-state index in [1.807, 2.05) is 77.9 Å². The van der Waals surface area contributed by atoms with E-state index in [1.165, 1.54) is 0 Å². The predicted octanol–water partition coefficient (Wildman–Crippen LogP) is 5.22. The number of carbonyl (C=O) groups is 2. The van der Waals surface area contributed by atoms with Crippen molar-refractivity contribution in [1.82, 2.24) is 10.2 Å². The third-order valence-corrected chi connectivity index (χ3v) is 5.91. The van der Waals surface area contributed by atoms with E-state index in [0.29, 0.717) is 36.2 Å². The number of aryl methyl sites for hydroxylation is 3. The molecular formula is C26H35ClN2O3. The molecule has 32 heavy (non-hydrogen) atoms. The first kappa shape index (κ1) is 25.7. The standard InChI is InChI=1S/C26H35ClN2O3/c1-7-23(26(31)28-14-17(2)3)29(15-21-10-8-18(4)9-11-21)24(30)16-32-22-12-19(5)25(27)20(6)13-22/h8-13,17,23H,7,14-16H2,1-6H3,(H,28,31)/t23-/m0/s1.